The highest BCUT2D eigenvalue weighted by Gasteiger charge is 2.23. The number of halogens is 1. The molecule has 0 aliphatic carbocycles. The van der Waals surface area contributed by atoms with Crippen LogP contribution in [0.3, 0.4) is 0 Å². The van der Waals surface area contributed by atoms with Gasteiger partial charge < -0.3 is 21.1 Å². The van der Waals surface area contributed by atoms with E-state index >= 15 is 0 Å². The Morgan fingerprint density at radius 3 is 2.83 bits per heavy atom. The molecule has 0 bridgehead atoms. The number of hydrogen-bond acceptors (Lipinski definition) is 7. The number of rotatable bonds is 6. The average Bonchev–Trinajstić information content (AvgIpc) is 3.29. The lowest BCUT2D eigenvalue weighted by Crippen LogP contribution is -2.32. The number of ether oxygens (including phenoxy) is 1. The Hall–Kier alpha value is -4.05. The zero-order valence-corrected chi connectivity index (χ0v) is 19.3. The molecule has 180 valence electrons. The lowest BCUT2D eigenvalue weighted by Gasteiger charge is -2.23. The van der Waals surface area contributed by atoms with Gasteiger partial charge in [-0.1, -0.05) is 24.3 Å². The van der Waals surface area contributed by atoms with Gasteiger partial charge >= 0.3 is 0 Å². The molecule has 1 atom stereocenters. The molecule has 10 heteroatoms. The molecule has 3 heterocycles. The highest BCUT2D eigenvalue weighted by molar-refractivity contribution is 5.98. The maximum atomic E-state index is 14.1. The smallest absolute Gasteiger partial charge is 0.254 e. The van der Waals surface area contributed by atoms with Crippen LogP contribution in [0.4, 0.5) is 10.2 Å². The maximum absolute atomic E-state index is 14.1. The number of fused-ring (bicyclic) bond motifs is 1. The second-order valence-electron chi connectivity index (χ2n) is 8.48. The highest BCUT2D eigenvalue weighted by atomic mass is 19.1. The number of nitrogens with two attached hydrogens (primary N) is 1. The highest BCUT2D eigenvalue weighted by Crippen LogP contribution is 2.33. The van der Waals surface area contributed by atoms with Gasteiger partial charge in [0, 0.05) is 18.7 Å². The van der Waals surface area contributed by atoms with Gasteiger partial charge in [-0.3, -0.25) is 4.79 Å². The molecule has 0 saturated carbocycles. The van der Waals surface area contributed by atoms with Gasteiger partial charge in [-0.25, -0.2) is 19.0 Å². The van der Waals surface area contributed by atoms with Crippen LogP contribution >= 0.6 is 0 Å². The van der Waals surface area contributed by atoms with Crippen molar-refractivity contribution in [3.63, 3.8) is 0 Å². The zero-order chi connectivity index (χ0) is 24.4. The summed E-state index contributed by atoms with van der Waals surface area (Å²) >= 11 is 0. The van der Waals surface area contributed by atoms with E-state index in [-0.39, 0.29) is 18.2 Å². The predicted octanol–water partition coefficient (Wildman–Crippen LogP) is 3.08. The summed E-state index contributed by atoms with van der Waals surface area (Å²) < 4.78 is 21.1. The molecule has 2 aromatic carbocycles. The van der Waals surface area contributed by atoms with Crippen molar-refractivity contribution in [3.05, 3.63) is 65.7 Å². The lowest BCUT2D eigenvalue weighted by molar-refractivity contribution is 0.0946. The van der Waals surface area contributed by atoms with Crippen molar-refractivity contribution in [1.29, 1.82) is 0 Å². The molecule has 9 nitrogen and oxygen atoms in total. The van der Waals surface area contributed by atoms with Crippen LogP contribution in [0.25, 0.3) is 22.3 Å². The number of piperidine rings is 1. The first-order valence-corrected chi connectivity index (χ1v) is 11.5. The van der Waals surface area contributed by atoms with Crippen molar-refractivity contribution in [2.75, 3.05) is 25.9 Å². The van der Waals surface area contributed by atoms with Crippen LogP contribution in [-0.4, -0.2) is 45.9 Å². The van der Waals surface area contributed by atoms with Crippen LogP contribution in [0.2, 0.25) is 0 Å². The molecule has 5 rings (SSSR count). The summed E-state index contributed by atoms with van der Waals surface area (Å²) in [7, 11) is 1.47. The molecule has 1 aliphatic heterocycles. The summed E-state index contributed by atoms with van der Waals surface area (Å²) in [5, 5.41) is 11.8. The SMILES string of the molecule is COc1ccc(F)c(C(=O)NCc2ccc(-c3nn([C@@H]4CCCNC4)c4ncnc(N)c34)cc2)c1. The molecule has 0 spiro atoms. The summed E-state index contributed by atoms with van der Waals surface area (Å²) in [6.45, 7) is 2.07. The van der Waals surface area contributed by atoms with E-state index in [1.807, 2.05) is 28.9 Å². The van der Waals surface area contributed by atoms with Crippen LogP contribution < -0.4 is 21.1 Å². The van der Waals surface area contributed by atoms with E-state index in [0.717, 1.165) is 53.8 Å². The molecule has 2 aromatic heterocycles. The van der Waals surface area contributed by atoms with Gasteiger partial charge in [-0.2, -0.15) is 5.10 Å². The maximum Gasteiger partial charge on any atom is 0.254 e. The number of hydrogen-bond donors (Lipinski definition) is 3. The molecule has 35 heavy (non-hydrogen) atoms. The van der Waals surface area contributed by atoms with Crippen molar-refractivity contribution < 1.29 is 13.9 Å². The van der Waals surface area contributed by atoms with Gasteiger partial charge in [0.25, 0.3) is 5.91 Å². The zero-order valence-electron chi connectivity index (χ0n) is 19.3. The number of nitrogens with one attached hydrogen (secondary N) is 2. The van der Waals surface area contributed by atoms with Gasteiger partial charge in [0.2, 0.25) is 0 Å². The number of aromatic nitrogens is 4. The molecule has 0 unspecified atom stereocenters. The minimum absolute atomic E-state index is 0.0642. The fourth-order valence-electron chi connectivity index (χ4n) is 4.36. The van der Waals surface area contributed by atoms with Crippen LogP contribution in [0.5, 0.6) is 5.75 Å². The van der Waals surface area contributed by atoms with E-state index in [1.54, 1.807) is 0 Å². The number of nitrogens with zero attached hydrogens (tertiary/aromatic N) is 4. The molecular weight excluding hydrogens is 449 g/mol. The number of anilines is 1. The monoisotopic (exact) mass is 475 g/mol. The molecule has 1 saturated heterocycles. The quantitative estimate of drug-likeness (QED) is 0.392. The van der Waals surface area contributed by atoms with E-state index in [2.05, 4.69) is 20.6 Å². The van der Waals surface area contributed by atoms with E-state index in [1.165, 1.54) is 31.6 Å². The number of carbonyl (C=O) groups is 1. The number of benzene rings is 2. The topological polar surface area (TPSA) is 120 Å². The fraction of sp³-hybridized carbons (Fsp3) is 0.280. The Morgan fingerprint density at radius 2 is 2.09 bits per heavy atom. The Kier molecular flexibility index (Phi) is 6.28. The summed E-state index contributed by atoms with van der Waals surface area (Å²) in [6, 6.07) is 11.9. The first kappa shape index (κ1) is 22.7. The van der Waals surface area contributed by atoms with Crippen molar-refractivity contribution >= 4 is 22.8 Å². The van der Waals surface area contributed by atoms with Crippen molar-refractivity contribution in [2.24, 2.45) is 0 Å². The minimum Gasteiger partial charge on any atom is -0.497 e. The summed E-state index contributed by atoms with van der Waals surface area (Å²) in [4.78, 5) is 21.1. The van der Waals surface area contributed by atoms with E-state index in [4.69, 9.17) is 15.6 Å². The first-order chi connectivity index (χ1) is 17.0. The molecule has 1 amide bonds. The number of carbonyl (C=O) groups excluding carboxylic acids is 1. The third kappa shape index (κ3) is 4.52. The van der Waals surface area contributed by atoms with Gasteiger partial charge in [0.1, 0.15) is 29.4 Å². The Balaban J connectivity index is 1.37. The second-order valence-corrected chi connectivity index (χ2v) is 8.48. The molecular formula is C25H26FN7O2. The molecule has 4 N–H and O–H groups in total. The van der Waals surface area contributed by atoms with E-state index < -0.39 is 11.7 Å². The molecule has 4 aromatic rings. The third-order valence-corrected chi connectivity index (χ3v) is 6.23. The lowest BCUT2D eigenvalue weighted by atomic mass is 10.1. The normalized spacial score (nSPS) is 15.8. The summed E-state index contributed by atoms with van der Waals surface area (Å²) in [5.41, 5.74) is 9.33. The van der Waals surface area contributed by atoms with Gasteiger partial charge in [-0.05, 0) is 43.1 Å². The van der Waals surface area contributed by atoms with Gasteiger partial charge in [0.05, 0.1) is 24.1 Å². The first-order valence-electron chi connectivity index (χ1n) is 11.5. The Morgan fingerprint density at radius 1 is 1.26 bits per heavy atom. The largest absolute Gasteiger partial charge is 0.497 e. The number of methoxy groups -OCH3 is 1. The van der Waals surface area contributed by atoms with Crippen LogP contribution in [0.1, 0.15) is 34.8 Å². The fourth-order valence-corrected chi connectivity index (χ4v) is 4.36. The molecule has 1 aliphatic rings. The van der Waals surface area contributed by atoms with Gasteiger partial charge in [0.15, 0.2) is 5.65 Å². The summed E-state index contributed by atoms with van der Waals surface area (Å²) in [5.74, 6) is -0.313. The van der Waals surface area contributed by atoms with Crippen LogP contribution in [0, 0.1) is 5.82 Å². The molecule has 0 radical (unpaired) electrons. The Bertz CT molecular complexity index is 1360. The van der Waals surface area contributed by atoms with E-state index in [9.17, 15) is 9.18 Å². The van der Waals surface area contributed by atoms with Crippen molar-refractivity contribution in [2.45, 2.75) is 25.4 Å². The second kappa shape index (κ2) is 9.67. The van der Waals surface area contributed by atoms with Gasteiger partial charge in [-0.15, -0.1) is 0 Å². The Labute approximate surface area is 201 Å². The van der Waals surface area contributed by atoms with Crippen molar-refractivity contribution in [3.8, 4) is 17.0 Å². The molecule has 1 fully saturated rings. The number of nitrogen functional groups attached to an aromatic ring is 1. The van der Waals surface area contributed by atoms with E-state index in [0.29, 0.717) is 11.6 Å². The average molecular weight is 476 g/mol. The third-order valence-electron chi connectivity index (χ3n) is 6.23. The predicted molar refractivity (Wildman–Crippen MR) is 130 cm³/mol. The van der Waals surface area contributed by atoms with Crippen LogP contribution in [0.15, 0.2) is 48.8 Å². The minimum atomic E-state index is -0.603. The van der Waals surface area contributed by atoms with Crippen molar-refractivity contribution in [1.82, 2.24) is 30.4 Å². The summed E-state index contributed by atoms with van der Waals surface area (Å²) in [6.07, 6.45) is 3.55. The number of amides is 1. The van der Waals surface area contributed by atoms with Crippen LogP contribution in [-0.2, 0) is 6.54 Å². The standard InChI is InChI=1S/C25H26FN7O2/c1-35-18-8-9-20(26)19(11-18)25(34)29-12-15-4-6-16(7-5-15)22-21-23(27)30-14-31-24(21)33(32-22)17-3-2-10-28-13-17/h4-9,11,14,17,28H,2-3,10,12-13H2,1H3,(H,29,34)(H2,27,30,31)/t17-/m1/s1.